The lowest BCUT2D eigenvalue weighted by Gasteiger charge is -2.26. The number of para-hydroxylation sites is 1. The van der Waals surface area contributed by atoms with Gasteiger partial charge in [0.25, 0.3) is 0 Å². The van der Waals surface area contributed by atoms with Crippen LogP contribution in [0.5, 0.6) is 5.75 Å². The summed E-state index contributed by atoms with van der Waals surface area (Å²) in [5.41, 5.74) is 1.04. The van der Waals surface area contributed by atoms with Gasteiger partial charge in [-0.15, -0.1) is 10.2 Å². The molecule has 1 aliphatic carbocycles. The molecule has 1 atom stereocenters. The van der Waals surface area contributed by atoms with Gasteiger partial charge >= 0.3 is 0 Å². The molecular weight excluding hydrogens is 388 g/mol. The zero-order valence-electron chi connectivity index (χ0n) is 15.9. The Hall–Kier alpha value is -2.74. The van der Waals surface area contributed by atoms with Crippen LogP contribution in [0.2, 0.25) is 0 Å². The van der Waals surface area contributed by atoms with Crippen molar-refractivity contribution in [3.8, 4) is 5.75 Å². The molecule has 3 aromatic rings. The molecule has 3 heterocycles. The molecule has 29 heavy (non-hydrogen) atoms. The second-order valence-electron chi connectivity index (χ2n) is 7.36. The summed E-state index contributed by atoms with van der Waals surface area (Å²) in [7, 11) is 0. The molecule has 1 N–H and O–H groups in total. The minimum Gasteiger partial charge on any atom is -0.493 e. The standard InChI is InChI=1S/C21H22N4O3S/c26-19(22-17-9-11-28-18-6-2-1-5-16(17)18)13-29-21-24-23-20(14-7-8-14)25(21)12-15-4-3-10-27-15/h1-6,10,14,17H,7-9,11-13H2,(H,22,26). The molecule has 1 aliphatic heterocycles. The third-order valence-corrected chi connectivity index (χ3v) is 6.17. The lowest BCUT2D eigenvalue weighted by atomic mass is 10.0. The van der Waals surface area contributed by atoms with Crippen molar-refractivity contribution < 1.29 is 13.9 Å². The van der Waals surface area contributed by atoms with Gasteiger partial charge in [-0.2, -0.15) is 0 Å². The van der Waals surface area contributed by atoms with Gasteiger partial charge in [0, 0.05) is 17.9 Å². The van der Waals surface area contributed by atoms with E-state index in [2.05, 4.69) is 20.1 Å². The number of aromatic nitrogens is 3. The molecule has 1 amide bonds. The number of benzene rings is 1. The molecule has 0 bridgehead atoms. The molecule has 1 fully saturated rings. The number of thioether (sulfide) groups is 1. The first-order valence-corrected chi connectivity index (χ1v) is 10.9. The Kier molecular flexibility index (Phi) is 5.01. The van der Waals surface area contributed by atoms with Crippen molar-refractivity contribution in [3.63, 3.8) is 0 Å². The Bertz CT molecular complexity index is 997. The molecule has 8 heteroatoms. The summed E-state index contributed by atoms with van der Waals surface area (Å²) >= 11 is 1.42. The fraction of sp³-hybridized carbons (Fsp3) is 0.381. The first kappa shape index (κ1) is 18.3. The van der Waals surface area contributed by atoms with Crippen LogP contribution < -0.4 is 10.1 Å². The number of carbonyl (C=O) groups excluding carboxylic acids is 1. The molecule has 0 saturated heterocycles. The predicted molar refractivity (Wildman–Crippen MR) is 108 cm³/mol. The second kappa shape index (κ2) is 7.94. The van der Waals surface area contributed by atoms with Crippen LogP contribution in [0.15, 0.2) is 52.2 Å². The number of hydrogen-bond donors (Lipinski definition) is 1. The maximum absolute atomic E-state index is 12.6. The van der Waals surface area contributed by atoms with Crippen LogP contribution >= 0.6 is 11.8 Å². The van der Waals surface area contributed by atoms with E-state index in [-0.39, 0.29) is 11.9 Å². The average molecular weight is 410 g/mol. The molecule has 2 aliphatic rings. The van der Waals surface area contributed by atoms with Gasteiger partial charge in [0.2, 0.25) is 5.91 Å². The molecular formula is C21H22N4O3S. The Balaban J connectivity index is 1.25. The van der Waals surface area contributed by atoms with Gasteiger partial charge in [-0.05, 0) is 31.0 Å². The number of nitrogens with one attached hydrogen (secondary N) is 1. The van der Waals surface area contributed by atoms with E-state index in [0.717, 1.165) is 47.3 Å². The molecule has 1 unspecified atom stereocenters. The van der Waals surface area contributed by atoms with E-state index in [4.69, 9.17) is 9.15 Å². The van der Waals surface area contributed by atoms with Crippen LogP contribution in [0.1, 0.15) is 48.4 Å². The number of carbonyl (C=O) groups is 1. The van der Waals surface area contributed by atoms with E-state index in [1.165, 1.54) is 11.8 Å². The highest BCUT2D eigenvalue weighted by atomic mass is 32.2. The van der Waals surface area contributed by atoms with Crippen molar-refractivity contribution >= 4 is 17.7 Å². The number of rotatable bonds is 7. The fourth-order valence-electron chi connectivity index (χ4n) is 3.62. The van der Waals surface area contributed by atoms with Gasteiger partial charge in [0.1, 0.15) is 17.3 Å². The van der Waals surface area contributed by atoms with Gasteiger partial charge in [0.15, 0.2) is 5.16 Å². The highest BCUT2D eigenvalue weighted by Gasteiger charge is 2.31. The summed E-state index contributed by atoms with van der Waals surface area (Å²) in [6, 6.07) is 11.7. The third kappa shape index (κ3) is 4.03. The van der Waals surface area contributed by atoms with Gasteiger partial charge in [-0.1, -0.05) is 30.0 Å². The Morgan fingerprint density at radius 3 is 2.90 bits per heavy atom. The van der Waals surface area contributed by atoms with Crippen LogP contribution in [-0.4, -0.2) is 33.0 Å². The van der Waals surface area contributed by atoms with Crippen molar-refractivity contribution in [2.45, 2.75) is 42.9 Å². The van der Waals surface area contributed by atoms with Crippen LogP contribution in [0.25, 0.3) is 0 Å². The number of fused-ring (bicyclic) bond motifs is 1. The molecule has 1 saturated carbocycles. The number of ether oxygens (including phenoxy) is 1. The highest BCUT2D eigenvalue weighted by molar-refractivity contribution is 7.99. The highest BCUT2D eigenvalue weighted by Crippen LogP contribution is 2.40. The number of furan rings is 1. The van der Waals surface area contributed by atoms with E-state index in [0.29, 0.717) is 24.8 Å². The van der Waals surface area contributed by atoms with E-state index in [1.807, 2.05) is 36.4 Å². The summed E-state index contributed by atoms with van der Waals surface area (Å²) in [4.78, 5) is 12.6. The van der Waals surface area contributed by atoms with Crippen molar-refractivity contribution in [2.75, 3.05) is 12.4 Å². The van der Waals surface area contributed by atoms with Crippen LogP contribution in [0, 0.1) is 0 Å². The third-order valence-electron chi connectivity index (χ3n) is 5.21. The molecule has 5 rings (SSSR count). The topological polar surface area (TPSA) is 82.2 Å². The Morgan fingerprint density at radius 2 is 2.07 bits per heavy atom. The lowest BCUT2D eigenvalue weighted by molar-refractivity contribution is -0.119. The molecule has 7 nitrogen and oxygen atoms in total. The van der Waals surface area contributed by atoms with Crippen molar-refractivity contribution in [2.24, 2.45) is 0 Å². The monoisotopic (exact) mass is 410 g/mol. The van der Waals surface area contributed by atoms with Crippen molar-refractivity contribution in [1.82, 2.24) is 20.1 Å². The summed E-state index contributed by atoms with van der Waals surface area (Å²) in [6.07, 6.45) is 4.73. The normalized spacial score (nSPS) is 18.1. The zero-order chi connectivity index (χ0) is 19.6. The first-order chi connectivity index (χ1) is 14.3. The number of nitrogens with zero attached hydrogens (tertiary/aromatic N) is 3. The number of amides is 1. The minimum absolute atomic E-state index is 0.0165. The van der Waals surface area contributed by atoms with Gasteiger partial charge in [-0.3, -0.25) is 9.36 Å². The van der Waals surface area contributed by atoms with Crippen LogP contribution in [0.4, 0.5) is 0 Å². The smallest absolute Gasteiger partial charge is 0.230 e. The largest absolute Gasteiger partial charge is 0.493 e. The molecule has 0 radical (unpaired) electrons. The van der Waals surface area contributed by atoms with Crippen LogP contribution in [-0.2, 0) is 11.3 Å². The SMILES string of the molecule is O=C(CSc1nnc(C2CC2)n1Cc1ccco1)NC1CCOc2ccccc21. The predicted octanol–water partition coefficient (Wildman–Crippen LogP) is 3.53. The fourth-order valence-corrected chi connectivity index (χ4v) is 4.37. The number of hydrogen-bond acceptors (Lipinski definition) is 6. The van der Waals surface area contributed by atoms with E-state index < -0.39 is 0 Å². The summed E-state index contributed by atoms with van der Waals surface area (Å²) in [5, 5.41) is 12.6. The van der Waals surface area contributed by atoms with Crippen molar-refractivity contribution in [3.05, 3.63) is 59.8 Å². The van der Waals surface area contributed by atoms with Crippen molar-refractivity contribution in [1.29, 1.82) is 0 Å². The second-order valence-corrected chi connectivity index (χ2v) is 8.31. The molecule has 1 aromatic carbocycles. The van der Waals surface area contributed by atoms with E-state index >= 15 is 0 Å². The average Bonchev–Trinajstić information content (AvgIpc) is 3.30. The maximum atomic E-state index is 12.6. The minimum atomic E-state index is -0.0175. The van der Waals surface area contributed by atoms with E-state index in [9.17, 15) is 4.79 Å². The first-order valence-electron chi connectivity index (χ1n) is 9.87. The Morgan fingerprint density at radius 1 is 1.17 bits per heavy atom. The summed E-state index contributed by atoms with van der Waals surface area (Å²) in [5.74, 6) is 3.44. The Labute approximate surface area is 172 Å². The zero-order valence-corrected chi connectivity index (χ0v) is 16.7. The maximum Gasteiger partial charge on any atom is 0.230 e. The summed E-state index contributed by atoms with van der Waals surface area (Å²) in [6.45, 7) is 1.19. The molecule has 2 aromatic heterocycles. The molecule has 0 spiro atoms. The van der Waals surface area contributed by atoms with Gasteiger partial charge in [-0.25, -0.2) is 0 Å². The van der Waals surface area contributed by atoms with E-state index in [1.54, 1.807) is 6.26 Å². The molecule has 150 valence electrons. The van der Waals surface area contributed by atoms with Gasteiger partial charge in [0.05, 0.1) is 31.2 Å². The quantitative estimate of drug-likeness (QED) is 0.600. The lowest BCUT2D eigenvalue weighted by Crippen LogP contribution is -2.33. The van der Waals surface area contributed by atoms with Gasteiger partial charge < -0.3 is 14.5 Å². The van der Waals surface area contributed by atoms with Crippen LogP contribution in [0.3, 0.4) is 0 Å². The summed E-state index contributed by atoms with van der Waals surface area (Å²) < 4.78 is 13.3.